The Balaban J connectivity index is 1.74. The maximum Gasteiger partial charge on any atom is 0.275 e. The molecule has 2 aromatic heterocycles. The highest BCUT2D eigenvalue weighted by molar-refractivity contribution is 6.02. The molecule has 0 unspecified atom stereocenters. The first-order chi connectivity index (χ1) is 9.72. The summed E-state index contributed by atoms with van der Waals surface area (Å²) in [7, 11) is 1.82. The van der Waals surface area contributed by atoms with Crippen LogP contribution in [-0.4, -0.2) is 25.7 Å². The second-order valence-electron chi connectivity index (χ2n) is 4.43. The third-order valence-corrected chi connectivity index (χ3v) is 2.89. The summed E-state index contributed by atoms with van der Waals surface area (Å²) in [5, 5.41) is 9.60. The fourth-order valence-corrected chi connectivity index (χ4v) is 1.87. The number of benzene rings is 1. The molecule has 3 aromatic rings. The summed E-state index contributed by atoms with van der Waals surface area (Å²) in [6, 6.07) is 9.42. The summed E-state index contributed by atoms with van der Waals surface area (Å²) < 4.78 is 1.73. The van der Waals surface area contributed by atoms with E-state index in [9.17, 15) is 4.79 Å². The molecule has 0 saturated carbocycles. The SMILES string of the molecule is Cn1cnc(C(=O)Nc2ccc(-c3ccn[nH]3)cc2)c1. The van der Waals surface area contributed by atoms with Crippen LogP contribution in [0.3, 0.4) is 0 Å². The van der Waals surface area contributed by atoms with Crippen LogP contribution in [0.1, 0.15) is 10.5 Å². The molecule has 6 nitrogen and oxygen atoms in total. The summed E-state index contributed by atoms with van der Waals surface area (Å²) in [6.07, 6.45) is 4.97. The molecule has 20 heavy (non-hydrogen) atoms. The van der Waals surface area contributed by atoms with Crippen LogP contribution in [0.2, 0.25) is 0 Å². The summed E-state index contributed by atoms with van der Waals surface area (Å²) in [6.45, 7) is 0. The van der Waals surface area contributed by atoms with Gasteiger partial charge < -0.3 is 9.88 Å². The number of aromatic amines is 1. The Morgan fingerprint density at radius 2 is 2.05 bits per heavy atom. The Labute approximate surface area is 115 Å². The number of imidazole rings is 1. The summed E-state index contributed by atoms with van der Waals surface area (Å²) in [4.78, 5) is 15.9. The van der Waals surface area contributed by atoms with Crippen molar-refractivity contribution in [1.29, 1.82) is 0 Å². The van der Waals surface area contributed by atoms with Crippen molar-refractivity contribution in [3.05, 3.63) is 54.7 Å². The Morgan fingerprint density at radius 1 is 1.25 bits per heavy atom. The number of aromatic nitrogens is 4. The number of carbonyl (C=O) groups excluding carboxylic acids is 1. The molecule has 2 N–H and O–H groups in total. The van der Waals surface area contributed by atoms with E-state index in [0.717, 1.165) is 16.9 Å². The molecule has 0 atom stereocenters. The van der Waals surface area contributed by atoms with Crippen molar-refractivity contribution < 1.29 is 4.79 Å². The number of nitrogens with zero attached hydrogens (tertiary/aromatic N) is 3. The number of hydrogen-bond donors (Lipinski definition) is 2. The first-order valence-corrected chi connectivity index (χ1v) is 6.11. The highest BCUT2D eigenvalue weighted by Gasteiger charge is 2.08. The highest BCUT2D eigenvalue weighted by Crippen LogP contribution is 2.19. The van der Waals surface area contributed by atoms with Gasteiger partial charge in [-0.2, -0.15) is 5.10 Å². The van der Waals surface area contributed by atoms with Crippen LogP contribution < -0.4 is 5.32 Å². The molecular formula is C14H13N5O. The number of hydrogen-bond acceptors (Lipinski definition) is 3. The lowest BCUT2D eigenvalue weighted by molar-refractivity contribution is 0.102. The van der Waals surface area contributed by atoms with Crippen molar-refractivity contribution >= 4 is 11.6 Å². The number of nitrogens with one attached hydrogen (secondary N) is 2. The predicted molar refractivity (Wildman–Crippen MR) is 75.2 cm³/mol. The molecule has 0 saturated heterocycles. The van der Waals surface area contributed by atoms with Crippen LogP contribution in [0.4, 0.5) is 5.69 Å². The third-order valence-electron chi connectivity index (χ3n) is 2.89. The maximum absolute atomic E-state index is 11.9. The molecule has 2 heterocycles. The molecule has 1 aromatic carbocycles. The van der Waals surface area contributed by atoms with E-state index in [2.05, 4.69) is 20.5 Å². The van der Waals surface area contributed by atoms with Crippen LogP contribution >= 0.6 is 0 Å². The molecule has 0 bridgehead atoms. The average Bonchev–Trinajstić information content (AvgIpc) is 3.10. The van der Waals surface area contributed by atoms with Crippen LogP contribution in [0.25, 0.3) is 11.3 Å². The van der Waals surface area contributed by atoms with E-state index in [1.54, 1.807) is 23.3 Å². The lowest BCUT2D eigenvalue weighted by Crippen LogP contribution is -2.12. The van der Waals surface area contributed by atoms with Gasteiger partial charge >= 0.3 is 0 Å². The smallest absolute Gasteiger partial charge is 0.275 e. The van der Waals surface area contributed by atoms with Crippen molar-refractivity contribution in [2.24, 2.45) is 7.05 Å². The Bertz CT molecular complexity index is 712. The van der Waals surface area contributed by atoms with Gasteiger partial charge in [-0.15, -0.1) is 0 Å². The fraction of sp³-hybridized carbons (Fsp3) is 0.0714. The highest BCUT2D eigenvalue weighted by atomic mass is 16.1. The topological polar surface area (TPSA) is 75.6 Å². The van der Waals surface area contributed by atoms with Crippen molar-refractivity contribution in [2.45, 2.75) is 0 Å². The molecule has 0 aliphatic heterocycles. The minimum atomic E-state index is -0.222. The van der Waals surface area contributed by atoms with Gasteiger partial charge in [0.05, 0.1) is 12.0 Å². The standard InChI is InChI=1S/C14H13N5O/c1-19-8-13(15-9-19)14(20)17-11-4-2-10(3-5-11)12-6-7-16-18-12/h2-9H,1H3,(H,16,18)(H,17,20). The molecule has 0 aliphatic carbocycles. The predicted octanol–water partition coefficient (Wildman–Crippen LogP) is 2.06. The van der Waals surface area contributed by atoms with Crippen molar-refractivity contribution in [3.8, 4) is 11.3 Å². The van der Waals surface area contributed by atoms with E-state index in [1.165, 1.54) is 0 Å². The van der Waals surface area contributed by atoms with E-state index in [0.29, 0.717) is 5.69 Å². The quantitative estimate of drug-likeness (QED) is 0.762. The van der Waals surface area contributed by atoms with Crippen LogP contribution in [0.15, 0.2) is 49.1 Å². The van der Waals surface area contributed by atoms with E-state index in [4.69, 9.17) is 0 Å². The maximum atomic E-state index is 11.9. The van der Waals surface area contributed by atoms with Gasteiger partial charge in [0.15, 0.2) is 0 Å². The van der Waals surface area contributed by atoms with Crippen molar-refractivity contribution in [1.82, 2.24) is 19.7 Å². The minimum absolute atomic E-state index is 0.222. The van der Waals surface area contributed by atoms with Gasteiger partial charge in [-0.05, 0) is 23.8 Å². The monoisotopic (exact) mass is 267 g/mol. The van der Waals surface area contributed by atoms with Gasteiger partial charge in [0.1, 0.15) is 5.69 Å². The van der Waals surface area contributed by atoms with Crippen molar-refractivity contribution in [2.75, 3.05) is 5.32 Å². The molecule has 0 fully saturated rings. The van der Waals surface area contributed by atoms with E-state index < -0.39 is 0 Å². The van der Waals surface area contributed by atoms with Crippen LogP contribution in [0.5, 0.6) is 0 Å². The molecule has 3 rings (SSSR count). The largest absolute Gasteiger partial charge is 0.340 e. The first-order valence-electron chi connectivity index (χ1n) is 6.11. The fourth-order valence-electron chi connectivity index (χ4n) is 1.87. The number of amides is 1. The van der Waals surface area contributed by atoms with Gasteiger partial charge in [0, 0.05) is 25.1 Å². The Morgan fingerprint density at radius 3 is 2.65 bits per heavy atom. The molecule has 0 radical (unpaired) electrons. The van der Waals surface area contributed by atoms with Gasteiger partial charge in [-0.25, -0.2) is 4.98 Å². The van der Waals surface area contributed by atoms with Gasteiger partial charge in [-0.1, -0.05) is 12.1 Å². The molecule has 6 heteroatoms. The Kier molecular flexibility index (Phi) is 3.04. The van der Waals surface area contributed by atoms with E-state index in [1.807, 2.05) is 37.4 Å². The minimum Gasteiger partial charge on any atom is -0.340 e. The number of aryl methyl sites for hydroxylation is 1. The first kappa shape index (κ1) is 12.2. The van der Waals surface area contributed by atoms with Gasteiger partial charge in [0.2, 0.25) is 0 Å². The van der Waals surface area contributed by atoms with Crippen molar-refractivity contribution in [3.63, 3.8) is 0 Å². The summed E-state index contributed by atoms with van der Waals surface area (Å²) in [5.74, 6) is -0.222. The Hall–Kier alpha value is -2.89. The molecule has 100 valence electrons. The second-order valence-corrected chi connectivity index (χ2v) is 4.43. The molecule has 1 amide bonds. The zero-order valence-corrected chi connectivity index (χ0v) is 10.9. The number of carbonyl (C=O) groups is 1. The third kappa shape index (κ3) is 2.44. The van der Waals surface area contributed by atoms with Gasteiger partial charge in [-0.3, -0.25) is 9.89 Å². The normalized spacial score (nSPS) is 10.4. The summed E-state index contributed by atoms with van der Waals surface area (Å²) in [5.41, 5.74) is 3.07. The number of anilines is 1. The molecule has 0 aliphatic rings. The second kappa shape index (κ2) is 5.00. The molecule has 0 spiro atoms. The average molecular weight is 267 g/mol. The molecular weight excluding hydrogens is 254 g/mol. The zero-order chi connectivity index (χ0) is 13.9. The van der Waals surface area contributed by atoms with Crippen LogP contribution in [0, 0.1) is 0 Å². The van der Waals surface area contributed by atoms with E-state index in [-0.39, 0.29) is 5.91 Å². The zero-order valence-electron chi connectivity index (χ0n) is 10.9. The van der Waals surface area contributed by atoms with Gasteiger partial charge in [0.25, 0.3) is 5.91 Å². The lowest BCUT2D eigenvalue weighted by atomic mass is 10.1. The lowest BCUT2D eigenvalue weighted by Gasteiger charge is -2.04. The number of rotatable bonds is 3. The summed E-state index contributed by atoms with van der Waals surface area (Å²) >= 11 is 0. The number of H-pyrrole nitrogens is 1. The van der Waals surface area contributed by atoms with Crippen LogP contribution in [-0.2, 0) is 7.05 Å². The van der Waals surface area contributed by atoms with E-state index >= 15 is 0 Å².